The molecule has 0 atom stereocenters. The molecular formula is C31H38N6O6. The summed E-state index contributed by atoms with van der Waals surface area (Å²) < 4.78 is 10.3. The highest BCUT2D eigenvalue weighted by Crippen LogP contribution is 2.05. The van der Waals surface area contributed by atoms with Crippen LogP contribution in [0.2, 0.25) is 0 Å². The van der Waals surface area contributed by atoms with Crippen molar-refractivity contribution in [1.82, 2.24) is 31.5 Å². The summed E-state index contributed by atoms with van der Waals surface area (Å²) in [5.74, 6) is 0. The zero-order valence-corrected chi connectivity index (χ0v) is 24.1. The van der Waals surface area contributed by atoms with E-state index in [1.165, 1.54) is 4.90 Å². The fourth-order valence-electron chi connectivity index (χ4n) is 3.73. The highest BCUT2D eigenvalue weighted by molar-refractivity contribution is 5.74. The number of nitrogens with zero attached hydrogens (tertiary/aromatic N) is 1. The van der Waals surface area contributed by atoms with Crippen LogP contribution in [-0.2, 0) is 35.7 Å². The number of hydrogen-bond donors (Lipinski definition) is 5. The fourth-order valence-corrected chi connectivity index (χ4v) is 3.73. The van der Waals surface area contributed by atoms with Crippen LogP contribution in [0.25, 0.3) is 0 Å². The van der Waals surface area contributed by atoms with Gasteiger partial charge < -0.3 is 41.0 Å². The zero-order valence-electron chi connectivity index (χ0n) is 24.1. The molecule has 0 unspecified atom stereocenters. The van der Waals surface area contributed by atoms with Gasteiger partial charge in [0.1, 0.15) is 13.2 Å². The Labute approximate surface area is 251 Å². The predicted molar refractivity (Wildman–Crippen MR) is 161 cm³/mol. The Morgan fingerprint density at radius 1 is 0.581 bits per heavy atom. The molecule has 0 bridgehead atoms. The second-order valence-electron chi connectivity index (χ2n) is 9.46. The Kier molecular flexibility index (Phi) is 13.7. The van der Waals surface area contributed by atoms with Crippen LogP contribution in [0.3, 0.4) is 0 Å². The second kappa shape index (κ2) is 18.2. The van der Waals surface area contributed by atoms with E-state index in [1.807, 2.05) is 84.9 Å². The number of ether oxygens (including phenoxy) is 2. The Bertz CT molecular complexity index is 1310. The number of amides is 6. The Morgan fingerprint density at radius 3 is 1.65 bits per heavy atom. The van der Waals surface area contributed by atoms with E-state index < -0.39 is 12.2 Å². The van der Waals surface area contributed by atoms with E-state index in [0.717, 1.165) is 22.3 Å². The molecule has 0 aromatic heterocycles. The maximum Gasteiger partial charge on any atom is 0.407 e. The van der Waals surface area contributed by atoms with Crippen LogP contribution < -0.4 is 26.6 Å². The average Bonchev–Trinajstić information content (AvgIpc) is 3.03. The minimum absolute atomic E-state index is 0.0187. The predicted octanol–water partition coefficient (Wildman–Crippen LogP) is 3.48. The lowest BCUT2D eigenvalue weighted by Gasteiger charge is -2.18. The monoisotopic (exact) mass is 590 g/mol. The van der Waals surface area contributed by atoms with Crippen LogP contribution in [0.1, 0.15) is 22.3 Å². The molecule has 12 heteroatoms. The Balaban J connectivity index is 1.24. The summed E-state index contributed by atoms with van der Waals surface area (Å²) in [5.41, 5.74) is 3.60. The molecule has 0 aliphatic heterocycles. The second-order valence-corrected chi connectivity index (χ2v) is 9.46. The van der Waals surface area contributed by atoms with Gasteiger partial charge in [-0.3, -0.25) is 0 Å². The summed E-state index contributed by atoms with van der Waals surface area (Å²) in [6.45, 7) is 1.73. The van der Waals surface area contributed by atoms with Crippen LogP contribution in [0.15, 0.2) is 84.9 Å². The van der Waals surface area contributed by atoms with Gasteiger partial charge in [-0.15, -0.1) is 0 Å². The molecular weight excluding hydrogens is 552 g/mol. The molecule has 5 N–H and O–H groups in total. The standard InChI is InChI=1S/C31H38N6O6/c1-37(29(39)34-21-25-11-6-3-7-12-25)16-18-43-31(41)36-23-27-14-8-13-26(19-27)22-35-30(40)42-17-15-32-28(38)33-20-24-9-4-2-5-10-24/h2-14,19H,15-18,20-23H2,1H3,(H,34,39)(H,35,40)(H,36,41)(H2,32,33,38). The molecule has 3 aromatic carbocycles. The molecule has 228 valence electrons. The van der Waals surface area contributed by atoms with E-state index in [2.05, 4.69) is 26.6 Å². The average molecular weight is 591 g/mol. The molecule has 0 saturated heterocycles. The van der Waals surface area contributed by atoms with Crippen LogP contribution in [0, 0.1) is 0 Å². The number of likely N-dealkylation sites (N-methyl/N-ethyl adjacent to an activating group) is 1. The van der Waals surface area contributed by atoms with Gasteiger partial charge >= 0.3 is 24.2 Å². The Morgan fingerprint density at radius 2 is 1.07 bits per heavy atom. The van der Waals surface area contributed by atoms with Gasteiger partial charge in [-0.25, -0.2) is 19.2 Å². The maximum atomic E-state index is 12.2. The third kappa shape index (κ3) is 13.3. The molecule has 3 rings (SSSR count). The van der Waals surface area contributed by atoms with Gasteiger partial charge in [0.05, 0.1) is 13.1 Å². The van der Waals surface area contributed by atoms with Crippen molar-refractivity contribution in [2.24, 2.45) is 0 Å². The quantitative estimate of drug-likeness (QED) is 0.182. The number of carbonyl (C=O) groups is 4. The van der Waals surface area contributed by atoms with Crippen molar-refractivity contribution < 1.29 is 28.7 Å². The van der Waals surface area contributed by atoms with Crippen molar-refractivity contribution in [3.8, 4) is 0 Å². The van der Waals surface area contributed by atoms with Gasteiger partial charge in [0.25, 0.3) is 0 Å². The summed E-state index contributed by atoms with van der Waals surface area (Å²) in [4.78, 5) is 49.6. The first-order chi connectivity index (χ1) is 20.9. The van der Waals surface area contributed by atoms with Gasteiger partial charge in [-0.2, -0.15) is 0 Å². The molecule has 0 fully saturated rings. The van der Waals surface area contributed by atoms with Crippen molar-refractivity contribution in [1.29, 1.82) is 0 Å². The third-order valence-corrected chi connectivity index (χ3v) is 6.07. The number of benzene rings is 3. The molecule has 43 heavy (non-hydrogen) atoms. The van der Waals surface area contributed by atoms with Gasteiger partial charge in [0.15, 0.2) is 0 Å². The van der Waals surface area contributed by atoms with Crippen molar-refractivity contribution in [3.63, 3.8) is 0 Å². The molecule has 6 amide bonds. The van der Waals surface area contributed by atoms with Gasteiger partial charge in [-0.05, 0) is 22.3 Å². The number of nitrogens with one attached hydrogen (secondary N) is 5. The number of urea groups is 2. The first-order valence-corrected chi connectivity index (χ1v) is 13.9. The van der Waals surface area contributed by atoms with E-state index in [4.69, 9.17) is 9.47 Å². The lowest BCUT2D eigenvalue weighted by molar-refractivity contribution is 0.133. The number of rotatable bonds is 14. The van der Waals surface area contributed by atoms with E-state index in [9.17, 15) is 19.2 Å². The van der Waals surface area contributed by atoms with E-state index in [-0.39, 0.29) is 51.5 Å². The van der Waals surface area contributed by atoms with Gasteiger partial charge in [0, 0.05) is 33.2 Å². The lowest BCUT2D eigenvalue weighted by Crippen LogP contribution is -2.39. The Hall–Kier alpha value is -5.26. The summed E-state index contributed by atoms with van der Waals surface area (Å²) in [7, 11) is 1.63. The highest BCUT2D eigenvalue weighted by atomic mass is 16.6. The third-order valence-electron chi connectivity index (χ3n) is 6.07. The van der Waals surface area contributed by atoms with Crippen molar-refractivity contribution in [3.05, 3.63) is 107 Å². The van der Waals surface area contributed by atoms with Crippen LogP contribution in [0.5, 0.6) is 0 Å². The first kappa shape index (κ1) is 32.3. The van der Waals surface area contributed by atoms with Crippen molar-refractivity contribution in [2.45, 2.75) is 26.2 Å². The van der Waals surface area contributed by atoms with Gasteiger partial charge in [-0.1, -0.05) is 84.9 Å². The SMILES string of the molecule is CN(CCOC(=O)NCc1cccc(CNC(=O)OCCNC(=O)NCc2ccccc2)c1)C(=O)NCc1ccccc1. The van der Waals surface area contributed by atoms with Crippen molar-refractivity contribution >= 4 is 24.2 Å². The largest absolute Gasteiger partial charge is 0.448 e. The molecule has 0 heterocycles. The van der Waals surface area contributed by atoms with Crippen molar-refractivity contribution in [2.75, 3.05) is 33.4 Å². The minimum atomic E-state index is -0.614. The summed E-state index contributed by atoms with van der Waals surface area (Å²) in [5, 5.41) is 13.5. The number of carbonyl (C=O) groups excluding carboxylic acids is 4. The normalized spacial score (nSPS) is 10.2. The molecule has 0 aliphatic rings. The van der Waals surface area contributed by atoms with Crippen LogP contribution in [0.4, 0.5) is 19.2 Å². The van der Waals surface area contributed by atoms with E-state index in [0.29, 0.717) is 13.1 Å². The fraction of sp³-hybridized carbons (Fsp3) is 0.290. The van der Waals surface area contributed by atoms with Crippen LogP contribution >= 0.6 is 0 Å². The summed E-state index contributed by atoms with van der Waals surface area (Å²) >= 11 is 0. The van der Waals surface area contributed by atoms with E-state index in [1.54, 1.807) is 7.05 Å². The van der Waals surface area contributed by atoms with E-state index >= 15 is 0 Å². The minimum Gasteiger partial charge on any atom is -0.448 e. The molecule has 3 aromatic rings. The maximum absolute atomic E-state index is 12.2. The molecule has 0 aliphatic carbocycles. The molecule has 12 nitrogen and oxygen atoms in total. The molecule has 0 spiro atoms. The smallest absolute Gasteiger partial charge is 0.407 e. The topological polar surface area (TPSA) is 150 Å². The first-order valence-electron chi connectivity index (χ1n) is 13.9. The summed E-state index contributed by atoms with van der Waals surface area (Å²) in [6.07, 6.45) is -1.22. The number of alkyl carbamates (subject to hydrolysis) is 2. The zero-order chi connectivity index (χ0) is 30.7. The highest BCUT2D eigenvalue weighted by Gasteiger charge is 2.10. The number of hydrogen-bond acceptors (Lipinski definition) is 6. The molecule has 0 saturated carbocycles. The van der Waals surface area contributed by atoms with Crippen LogP contribution in [-0.4, -0.2) is 62.5 Å². The summed E-state index contributed by atoms with van der Waals surface area (Å²) in [6, 6.07) is 25.8. The lowest BCUT2D eigenvalue weighted by atomic mass is 10.1. The van der Waals surface area contributed by atoms with Gasteiger partial charge in [0.2, 0.25) is 0 Å². The molecule has 0 radical (unpaired) electrons.